The van der Waals surface area contributed by atoms with E-state index in [1.54, 1.807) is 11.9 Å². The van der Waals surface area contributed by atoms with Crippen molar-refractivity contribution >= 4 is 33.3 Å². The number of para-hydroxylation sites is 2. The molecular formula is C15H18BrN3O2. The Labute approximate surface area is 132 Å². The molecule has 112 valence electrons. The van der Waals surface area contributed by atoms with E-state index < -0.39 is 0 Å². The average Bonchev–Trinajstić information content (AvgIpc) is 2.84. The smallest absolute Gasteiger partial charge is 0.322 e. The van der Waals surface area contributed by atoms with Crippen molar-refractivity contribution in [3.63, 3.8) is 0 Å². The summed E-state index contributed by atoms with van der Waals surface area (Å²) >= 11 is 3.25. The third-order valence-electron chi connectivity index (χ3n) is 3.00. The van der Waals surface area contributed by atoms with E-state index in [-0.39, 0.29) is 6.03 Å². The van der Waals surface area contributed by atoms with Crippen molar-refractivity contribution in [1.82, 2.24) is 4.90 Å². The molecule has 1 aromatic carbocycles. The number of hydrogen-bond donors (Lipinski definition) is 1. The number of urea groups is 1. The van der Waals surface area contributed by atoms with Crippen molar-refractivity contribution < 1.29 is 9.21 Å². The molecular weight excluding hydrogens is 334 g/mol. The molecule has 0 fully saturated rings. The molecule has 2 rings (SSSR count). The van der Waals surface area contributed by atoms with Gasteiger partial charge in [0.2, 0.25) is 0 Å². The number of carbonyl (C=O) groups is 1. The first-order valence-electron chi connectivity index (χ1n) is 6.50. The molecule has 1 aromatic heterocycles. The van der Waals surface area contributed by atoms with Crippen LogP contribution in [0.4, 0.5) is 16.2 Å². The molecule has 0 aliphatic heterocycles. The van der Waals surface area contributed by atoms with Gasteiger partial charge in [0.05, 0.1) is 17.9 Å². The zero-order valence-electron chi connectivity index (χ0n) is 12.3. The Bertz CT molecular complexity index is 625. The first-order chi connectivity index (χ1) is 9.97. The predicted molar refractivity (Wildman–Crippen MR) is 87.7 cm³/mol. The van der Waals surface area contributed by atoms with Gasteiger partial charge in [0.1, 0.15) is 5.76 Å². The Morgan fingerprint density at radius 3 is 2.52 bits per heavy atom. The number of amides is 2. The molecule has 0 radical (unpaired) electrons. The van der Waals surface area contributed by atoms with Gasteiger partial charge in [0.15, 0.2) is 4.67 Å². The van der Waals surface area contributed by atoms with Gasteiger partial charge in [0.25, 0.3) is 0 Å². The summed E-state index contributed by atoms with van der Waals surface area (Å²) in [4.78, 5) is 15.8. The molecule has 1 heterocycles. The van der Waals surface area contributed by atoms with Crippen LogP contribution in [-0.2, 0) is 6.54 Å². The number of benzene rings is 1. The lowest BCUT2D eigenvalue weighted by Gasteiger charge is -2.21. The monoisotopic (exact) mass is 351 g/mol. The summed E-state index contributed by atoms with van der Waals surface area (Å²) in [6, 6.07) is 11.1. The van der Waals surface area contributed by atoms with E-state index in [2.05, 4.69) is 21.2 Å². The number of rotatable bonds is 4. The van der Waals surface area contributed by atoms with E-state index in [9.17, 15) is 4.79 Å². The Kier molecular flexibility index (Phi) is 4.90. The fourth-order valence-corrected chi connectivity index (χ4v) is 2.26. The number of furan rings is 1. The standard InChI is InChI=1S/C15H18BrN3O2/c1-18(2)13-7-5-4-6-12(13)17-15(20)19(3)10-11-8-9-14(16)21-11/h4-9H,10H2,1-3H3,(H,17,20). The molecule has 0 bridgehead atoms. The van der Waals surface area contributed by atoms with E-state index in [1.807, 2.05) is 55.4 Å². The van der Waals surface area contributed by atoms with Crippen molar-refractivity contribution in [1.29, 1.82) is 0 Å². The SMILES string of the molecule is CN(Cc1ccc(Br)o1)C(=O)Nc1ccccc1N(C)C. The quantitative estimate of drug-likeness (QED) is 0.911. The molecule has 21 heavy (non-hydrogen) atoms. The van der Waals surface area contributed by atoms with Crippen LogP contribution >= 0.6 is 15.9 Å². The van der Waals surface area contributed by atoms with Crippen LogP contribution in [0.2, 0.25) is 0 Å². The van der Waals surface area contributed by atoms with Crippen molar-refractivity contribution in [2.24, 2.45) is 0 Å². The highest BCUT2D eigenvalue weighted by Gasteiger charge is 2.13. The first kappa shape index (κ1) is 15.4. The van der Waals surface area contributed by atoms with Crippen LogP contribution in [0, 0.1) is 0 Å². The van der Waals surface area contributed by atoms with Gasteiger partial charge >= 0.3 is 6.03 Å². The molecule has 5 nitrogen and oxygen atoms in total. The summed E-state index contributed by atoms with van der Waals surface area (Å²) in [7, 11) is 5.61. The van der Waals surface area contributed by atoms with Crippen molar-refractivity contribution in [3.05, 3.63) is 46.8 Å². The minimum Gasteiger partial charge on any atom is -0.452 e. The maximum atomic E-state index is 12.2. The third-order valence-corrected chi connectivity index (χ3v) is 3.42. The Morgan fingerprint density at radius 2 is 1.90 bits per heavy atom. The topological polar surface area (TPSA) is 48.7 Å². The zero-order chi connectivity index (χ0) is 15.4. The van der Waals surface area contributed by atoms with Gasteiger partial charge in [-0.3, -0.25) is 0 Å². The van der Waals surface area contributed by atoms with E-state index in [0.29, 0.717) is 11.2 Å². The molecule has 0 aliphatic rings. The van der Waals surface area contributed by atoms with Crippen LogP contribution in [-0.4, -0.2) is 32.1 Å². The molecule has 0 unspecified atom stereocenters. The molecule has 2 aromatic rings. The van der Waals surface area contributed by atoms with E-state index >= 15 is 0 Å². The van der Waals surface area contributed by atoms with Crippen LogP contribution in [0.25, 0.3) is 0 Å². The van der Waals surface area contributed by atoms with E-state index in [4.69, 9.17) is 4.42 Å². The molecule has 0 saturated carbocycles. The molecule has 0 aliphatic carbocycles. The number of nitrogens with zero attached hydrogens (tertiary/aromatic N) is 2. The average molecular weight is 352 g/mol. The Morgan fingerprint density at radius 1 is 1.19 bits per heavy atom. The van der Waals surface area contributed by atoms with Crippen LogP contribution < -0.4 is 10.2 Å². The Balaban J connectivity index is 2.04. The maximum absolute atomic E-state index is 12.2. The fraction of sp³-hybridized carbons (Fsp3) is 0.267. The lowest BCUT2D eigenvalue weighted by atomic mass is 10.2. The van der Waals surface area contributed by atoms with Crippen LogP contribution in [0.15, 0.2) is 45.5 Å². The predicted octanol–water partition coefficient (Wildman–Crippen LogP) is 3.77. The van der Waals surface area contributed by atoms with Crippen molar-refractivity contribution in [2.75, 3.05) is 31.4 Å². The minimum atomic E-state index is -0.183. The van der Waals surface area contributed by atoms with Crippen LogP contribution in [0.5, 0.6) is 0 Å². The highest BCUT2D eigenvalue weighted by atomic mass is 79.9. The maximum Gasteiger partial charge on any atom is 0.322 e. The van der Waals surface area contributed by atoms with Crippen molar-refractivity contribution in [2.45, 2.75) is 6.54 Å². The van der Waals surface area contributed by atoms with Gasteiger partial charge in [0, 0.05) is 21.1 Å². The van der Waals surface area contributed by atoms with Crippen LogP contribution in [0.3, 0.4) is 0 Å². The number of halogens is 1. The molecule has 0 atom stereocenters. The van der Waals surface area contributed by atoms with E-state index in [0.717, 1.165) is 17.1 Å². The molecule has 2 amide bonds. The van der Waals surface area contributed by atoms with Gasteiger partial charge in [-0.15, -0.1) is 0 Å². The molecule has 1 N–H and O–H groups in total. The molecule has 0 spiro atoms. The summed E-state index contributed by atoms with van der Waals surface area (Å²) in [5.41, 5.74) is 1.74. The van der Waals surface area contributed by atoms with Gasteiger partial charge < -0.3 is 19.5 Å². The number of anilines is 2. The summed E-state index contributed by atoms with van der Waals surface area (Å²) < 4.78 is 6.06. The highest BCUT2D eigenvalue weighted by molar-refractivity contribution is 9.10. The first-order valence-corrected chi connectivity index (χ1v) is 7.29. The van der Waals surface area contributed by atoms with Gasteiger partial charge in [-0.1, -0.05) is 12.1 Å². The zero-order valence-corrected chi connectivity index (χ0v) is 13.8. The third kappa shape index (κ3) is 4.01. The number of hydrogen-bond acceptors (Lipinski definition) is 3. The second kappa shape index (κ2) is 6.67. The van der Waals surface area contributed by atoms with E-state index in [1.165, 1.54) is 0 Å². The molecule has 0 saturated heterocycles. The lowest BCUT2D eigenvalue weighted by Crippen LogP contribution is -2.31. The minimum absolute atomic E-state index is 0.183. The summed E-state index contributed by atoms with van der Waals surface area (Å²) in [5.74, 6) is 0.723. The summed E-state index contributed by atoms with van der Waals surface area (Å²) in [6.45, 7) is 0.404. The van der Waals surface area contributed by atoms with Gasteiger partial charge in [-0.2, -0.15) is 0 Å². The highest BCUT2D eigenvalue weighted by Crippen LogP contribution is 2.24. The summed E-state index contributed by atoms with van der Waals surface area (Å²) in [6.07, 6.45) is 0. The Hall–Kier alpha value is -1.95. The lowest BCUT2D eigenvalue weighted by molar-refractivity contribution is 0.216. The van der Waals surface area contributed by atoms with Crippen LogP contribution in [0.1, 0.15) is 5.76 Å². The largest absolute Gasteiger partial charge is 0.452 e. The van der Waals surface area contributed by atoms with Crippen molar-refractivity contribution in [3.8, 4) is 0 Å². The number of nitrogens with one attached hydrogen (secondary N) is 1. The summed E-state index contributed by atoms with van der Waals surface area (Å²) in [5, 5.41) is 2.91. The normalized spacial score (nSPS) is 10.3. The number of carbonyl (C=O) groups excluding carboxylic acids is 1. The second-order valence-corrected chi connectivity index (χ2v) is 5.69. The molecule has 6 heteroatoms. The van der Waals surface area contributed by atoms with Gasteiger partial charge in [-0.05, 0) is 40.2 Å². The second-order valence-electron chi connectivity index (χ2n) is 4.90. The fourth-order valence-electron chi connectivity index (χ4n) is 1.92. The van der Waals surface area contributed by atoms with Gasteiger partial charge in [-0.25, -0.2) is 4.79 Å².